The van der Waals surface area contributed by atoms with Crippen molar-refractivity contribution in [3.63, 3.8) is 0 Å². The van der Waals surface area contributed by atoms with Crippen molar-refractivity contribution in [2.45, 2.75) is 47.2 Å². The Balaban J connectivity index is 1.28. The largest absolute Gasteiger partial charge is 0.272 e. The van der Waals surface area contributed by atoms with Crippen molar-refractivity contribution in [1.82, 2.24) is 9.97 Å². The van der Waals surface area contributed by atoms with Crippen LogP contribution in [0.4, 0.5) is 0 Å². The van der Waals surface area contributed by atoms with Crippen molar-refractivity contribution in [3.05, 3.63) is 47.5 Å². The zero-order valence-electron chi connectivity index (χ0n) is 15.4. The lowest BCUT2D eigenvalue weighted by Crippen LogP contribution is -1.91. The number of nitrogens with zero attached hydrogens (tertiary/aromatic N) is 2. The summed E-state index contributed by atoms with van der Waals surface area (Å²) in [5, 5.41) is 11.3. The first-order chi connectivity index (χ1) is 13.8. The van der Waals surface area contributed by atoms with Crippen LogP contribution in [-0.4, -0.2) is 9.97 Å². The van der Waals surface area contributed by atoms with E-state index in [4.69, 9.17) is 10.3 Å². The zero-order valence-corrected chi connectivity index (χ0v) is 18.7. The Labute approximate surface area is 181 Å². The first-order valence-electron chi connectivity index (χ1n) is 9.29. The van der Waals surface area contributed by atoms with Crippen molar-refractivity contribution in [2.75, 3.05) is 0 Å². The fourth-order valence-corrected chi connectivity index (χ4v) is 6.16. The van der Waals surface area contributed by atoms with Crippen LogP contribution in [0.5, 0.6) is 0 Å². The summed E-state index contributed by atoms with van der Waals surface area (Å²) in [4.78, 5) is 9.33. The minimum atomic E-state index is 0.940. The van der Waals surface area contributed by atoms with Gasteiger partial charge in [-0.1, -0.05) is 37.1 Å². The second kappa shape index (κ2) is 9.56. The van der Waals surface area contributed by atoms with Crippen LogP contribution in [0.3, 0.4) is 0 Å². The smallest absolute Gasteiger partial charge is 0.165 e. The van der Waals surface area contributed by atoms with Gasteiger partial charge in [0.05, 0.1) is 20.4 Å². The molecule has 0 aliphatic rings. The molecule has 2 aromatic carbocycles. The van der Waals surface area contributed by atoms with Crippen LogP contribution in [0.15, 0.2) is 45.1 Å². The summed E-state index contributed by atoms with van der Waals surface area (Å²) >= 11 is 5.81. The second-order valence-electron chi connectivity index (χ2n) is 6.64. The standard InChI is InChI=1S/C20H22N4S4/c21-27-19-23-17-13(9-5-11-15(17)25-19)7-3-1-2-4-8-14-10-6-12-16-18(14)24-20(26-16)28-22/h5-6,9-12H,1-4,7-8,21-22H2. The van der Waals surface area contributed by atoms with E-state index in [1.165, 1.54) is 70.1 Å². The molecule has 8 heteroatoms. The maximum Gasteiger partial charge on any atom is 0.165 e. The highest BCUT2D eigenvalue weighted by atomic mass is 32.2. The van der Waals surface area contributed by atoms with E-state index in [-0.39, 0.29) is 0 Å². The average Bonchev–Trinajstić information content (AvgIpc) is 3.34. The monoisotopic (exact) mass is 446 g/mol. The number of aromatic nitrogens is 2. The van der Waals surface area contributed by atoms with Crippen LogP contribution in [0.2, 0.25) is 0 Å². The number of benzene rings is 2. The first-order valence-corrected chi connectivity index (χ1v) is 12.7. The van der Waals surface area contributed by atoms with E-state index < -0.39 is 0 Å². The Morgan fingerprint density at radius 1 is 0.679 bits per heavy atom. The molecule has 4 aromatic rings. The van der Waals surface area contributed by atoms with Gasteiger partial charge in [-0.05, 0) is 72.8 Å². The van der Waals surface area contributed by atoms with Crippen LogP contribution >= 0.6 is 46.6 Å². The van der Waals surface area contributed by atoms with Gasteiger partial charge in [-0.15, -0.1) is 22.7 Å². The number of unbranched alkanes of at least 4 members (excludes halogenated alkanes) is 3. The molecule has 146 valence electrons. The number of rotatable bonds is 9. The molecule has 4 nitrogen and oxygen atoms in total. The van der Waals surface area contributed by atoms with Gasteiger partial charge in [-0.3, -0.25) is 10.3 Å². The molecule has 28 heavy (non-hydrogen) atoms. The molecule has 0 saturated heterocycles. The molecule has 4 rings (SSSR count). The first kappa shape index (κ1) is 20.1. The van der Waals surface area contributed by atoms with E-state index in [2.05, 4.69) is 46.4 Å². The molecule has 0 atom stereocenters. The number of aryl methyl sites for hydroxylation is 2. The van der Waals surface area contributed by atoms with Crippen molar-refractivity contribution in [1.29, 1.82) is 0 Å². The second-order valence-corrected chi connectivity index (χ2v) is 10.5. The molecule has 0 aliphatic heterocycles. The Morgan fingerprint density at radius 3 is 1.57 bits per heavy atom. The highest BCUT2D eigenvalue weighted by Gasteiger charge is 2.09. The Kier molecular flexibility index (Phi) is 6.87. The van der Waals surface area contributed by atoms with Gasteiger partial charge < -0.3 is 0 Å². The van der Waals surface area contributed by atoms with Crippen molar-refractivity contribution in [3.8, 4) is 0 Å². The number of hydrogen-bond donors (Lipinski definition) is 2. The van der Waals surface area contributed by atoms with Gasteiger partial charge >= 0.3 is 0 Å². The lowest BCUT2D eigenvalue weighted by molar-refractivity contribution is 0.642. The molecule has 0 amide bonds. The molecule has 0 unspecified atom stereocenters. The number of para-hydroxylation sites is 2. The summed E-state index contributed by atoms with van der Waals surface area (Å²) in [6, 6.07) is 12.9. The van der Waals surface area contributed by atoms with Crippen molar-refractivity contribution < 1.29 is 0 Å². The Hall–Kier alpha value is -1.16. The van der Waals surface area contributed by atoms with Crippen LogP contribution in [0.25, 0.3) is 20.4 Å². The molecule has 0 fully saturated rings. The fourth-order valence-electron chi connectivity index (χ4n) is 3.46. The highest BCUT2D eigenvalue weighted by molar-refractivity contribution is 7.99. The molecule has 2 aromatic heterocycles. The molecule has 0 radical (unpaired) electrons. The summed E-state index contributed by atoms with van der Waals surface area (Å²) in [5.74, 6) is 0. The van der Waals surface area contributed by atoms with E-state index in [9.17, 15) is 0 Å². The number of nitrogens with two attached hydrogens (primary N) is 2. The third-order valence-electron chi connectivity index (χ3n) is 4.81. The van der Waals surface area contributed by atoms with Gasteiger partial charge in [0.1, 0.15) is 0 Å². The number of hydrogen-bond acceptors (Lipinski definition) is 8. The zero-order chi connectivity index (χ0) is 19.3. The predicted molar refractivity (Wildman–Crippen MR) is 125 cm³/mol. The van der Waals surface area contributed by atoms with E-state index in [1.807, 2.05) is 0 Å². The van der Waals surface area contributed by atoms with Crippen LogP contribution < -0.4 is 10.3 Å². The third kappa shape index (κ3) is 4.53. The van der Waals surface area contributed by atoms with E-state index in [0.29, 0.717) is 0 Å². The molecular formula is C20H22N4S4. The van der Waals surface area contributed by atoms with Crippen molar-refractivity contribution >= 4 is 67.0 Å². The van der Waals surface area contributed by atoms with Gasteiger partial charge in [0.2, 0.25) is 0 Å². The molecule has 0 spiro atoms. The molecule has 4 N–H and O–H groups in total. The van der Waals surface area contributed by atoms with Gasteiger partial charge in [-0.25, -0.2) is 9.97 Å². The Bertz CT molecular complexity index is 987. The summed E-state index contributed by atoms with van der Waals surface area (Å²) in [5.41, 5.74) is 4.94. The maximum absolute atomic E-state index is 5.66. The van der Waals surface area contributed by atoms with E-state index >= 15 is 0 Å². The molecule has 0 aliphatic carbocycles. The van der Waals surface area contributed by atoms with Crippen LogP contribution in [-0.2, 0) is 12.8 Å². The summed E-state index contributed by atoms with van der Waals surface area (Å²) < 4.78 is 4.35. The SMILES string of the molecule is NSc1nc2c(CCCCCCc3cccc4sc(SN)nc34)cccc2s1. The number of thiazole rings is 2. The molecule has 2 heterocycles. The van der Waals surface area contributed by atoms with Gasteiger partial charge in [0.15, 0.2) is 8.68 Å². The molecular weight excluding hydrogens is 425 g/mol. The third-order valence-corrected chi connectivity index (χ3v) is 8.10. The van der Waals surface area contributed by atoms with Crippen LogP contribution in [0.1, 0.15) is 36.8 Å². The van der Waals surface area contributed by atoms with Gasteiger partial charge in [0.25, 0.3) is 0 Å². The highest BCUT2D eigenvalue weighted by Crippen LogP contribution is 2.31. The molecule has 0 bridgehead atoms. The van der Waals surface area contributed by atoms with Gasteiger partial charge in [0, 0.05) is 0 Å². The minimum absolute atomic E-state index is 0.940. The van der Waals surface area contributed by atoms with E-state index in [0.717, 1.165) is 32.6 Å². The normalized spacial score (nSPS) is 11.6. The maximum atomic E-state index is 5.66. The van der Waals surface area contributed by atoms with Gasteiger partial charge in [-0.2, -0.15) is 0 Å². The fraction of sp³-hybridized carbons (Fsp3) is 0.300. The Morgan fingerprint density at radius 2 is 1.14 bits per heavy atom. The van der Waals surface area contributed by atoms with E-state index in [1.54, 1.807) is 22.7 Å². The summed E-state index contributed by atoms with van der Waals surface area (Å²) in [6.45, 7) is 0. The average molecular weight is 447 g/mol. The molecule has 0 saturated carbocycles. The lowest BCUT2D eigenvalue weighted by atomic mass is 10.0. The van der Waals surface area contributed by atoms with Crippen LogP contribution in [0, 0.1) is 0 Å². The minimum Gasteiger partial charge on any atom is -0.272 e. The topological polar surface area (TPSA) is 77.8 Å². The predicted octanol–water partition coefficient (Wildman–Crippen LogP) is 6.18. The summed E-state index contributed by atoms with van der Waals surface area (Å²) in [6.07, 6.45) is 7.00. The lowest BCUT2D eigenvalue weighted by Gasteiger charge is -2.04. The number of fused-ring (bicyclic) bond motifs is 2. The van der Waals surface area contributed by atoms with Crippen molar-refractivity contribution in [2.24, 2.45) is 10.3 Å². The summed E-state index contributed by atoms with van der Waals surface area (Å²) in [7, 11) is 0. The quantitative estimate of drug-likeness (QED) is 0.236.